The molecule has 1 aromatic carbocycles. The zero-order chi connectivity index (χ0) is 20.4. The molecule has 0 radical (unpaired) electrons. The molecule has 1 unspecified atom stereocenters. The molecule has 0 bridgehead atoms. The van der Waals surface area contributed by atoms with Gasteiger partial charge in [0.15, 0.2) is 0 Å². The van der Waals surface area contributed by atoms with Crippen molar-refractivity contribution >= 4 is 21.9 Å². The Bertz CT molecular complexity index is 651. The molecule has 0 aromatic heterocycles. The van der Waals surface area contributed by atoms with E-state index in [0.29, 0.717) is 18.0 Å². The van der Waals surface area contributed by atoms with Gasteiger partial charge in [0.1, 0.15) is 5.75 Å². The summed E-state index contributed by atoms with van der Waals surface area (Å²) in [6, 6.07) is 8.02. The normalized spacial score (nSPS) is 20.2. The van der Waals surface area contributed by atoms with E-state index in [-0.39, 0.29) is 0 Å². The van der Waals surface area contributed by atoms with Gasteiger partial charge in [-0.15, -0.1) is 11.8 Å². The third-order valence-corrected chi connectivity index (χ3v) is 5.57. The Hall–Kier alpha value is -0.880. The first kappa shape index (κ1) is 23.4. The van der Waals surface area contributed by atoms with Gasteiger partial charge in [-0.25, -0.2) is 0 Å². The van der Waals surface area contributed by atoms with Crippen LogP contribution in [0.4, 0.5) is 0 Å². The van der Waals surface area contributed by atoms with Gasteiger partial charge in [-0.05, 0) is 24.3 Å². The van der Waals surface area contributed by atoms with Crippen LogP contribution in [0.1, 0.15) is 0 Å². The maximum absolute atomic E-state index is 9.40. The number of benzene rings is 1. The topological polar surface area (TPSA) is 99.5 Å². The monoisotopic (exact) mass is 434 g/mol. The molecular formula is C18H30N2O6S2. The SMILES string of the molecule is CS(=O)(=O)O.Oc1ccc(SCC(CN2CCOCC2)N2CCOCC2)cc1. The van der Waals surface area contributed by atoms with Crippen LogP contribution in [-0.4, -0.2) is 105 Å². The summed E-state index contributed by atoms with van der Waals surface area (Å²) < 4.78 is 36.8. The summed E-state index contributed by atoms with van der Waals surface area (Å²) in [5, 5.41) is 9.40. The minimum atomic E-state index is -3.67. The lowest BCUT2D eigenvalue weighted by atomic mass is 10.2. The summed E-state index contributed by atoms with van der Waals surface area (Å²) in [5.74, 6) is 1.38. The Balaban J connectivity index is 0.000000500. The van der Waals surface area contributed by atoms with Crippen molar-refractivity contribution in [1.82, 2.24) is 9.80 Å². The highest BCUT2D eigenvalue weighted by Crippen LogP contribution is 2.23. The molecule has 10 heteroatoms. The summed E-state index contributed by atoms with van der Waals surface area (Å²) in [7, 11) is -3.67. The number of aromatic hydroxyl groups is 1. The number of ether oxygens (including phenoxy) is 2. The van der Waals surface area contributed by atoms with Crippen molar-refractivity contribution in [3.8, 4) is 5.75 Å². The lowest BCUT2D eigenvalue weighted by Gasteiger charge is -2.38. The van der Waals surface area contributed by atoms with E-state index in [1.165, 1.54) is 4.90 Å². The van der Waals surface area contributed by atoms with Crippen LogP contribution in [-0.2, 0) is 19.6 Å². The first-order valence-electron chi connectivity index (χ1n) is 9.27. The smallest absolute Gasteiger partial charge is 0.261 e. The number of thioether (sulfide) groups is 1. The molecule has 1 aromatic rings. The maximum atomic E-state index is 9.40. The van der Waals surface area contributed by atoms with E-state index in [1.54, 1.807) is 12.1 Å². The first-order chi connectivity index (χ1) is 13.3. The van der Waals surface area contributed by atoms with Crippen LogP contribution in [0.2, 0.25) is 0 Å². The summed E-state index contributed by atoms with van der Waals surface area (Å²) in [5.41, 5.74) is 0. The number of nitrogens with zero attached hydrogens (tertiary/aromatic N) is 2. The minimum absolute atomic E-state index is 0.326. The lowest BCUT2D eigenvalue weighted by molar-refractivity contribution is -0.00428. The summed E-state index contributed by atoms with van der Waals surface area (Å²) in [6.45, 7) is 8.56. The van der Waals surface area contributed by atoms with Crippen molar-refractivity contribution in [3.63, 3.8) is 0 Å². The van der Waals surface area contributed by atoms with Gasteiger partial charge >= 0.3 is 0 Å². The average Bonchev–Trinajstić information content (AvgIpc) is 2.67. The zero-order valence-corrected chi connectivity index (χ0v) is 17.8. The Morgan fingerprint density at radius 3 is 2.07 bits per heavy atom. The molecule has 28 heavy (non-hydrogen) atoms. The van der Waals surface area contributed by atoms with Gasteiger partial charge in [-0.2, -0.15) is 8.42 Å². The zero-order valence-electron chi connectivity index (χ0n) is 16.2. The highest BCUT2D eigenvalue weighted by molar-refractivity contribution is 7.99. The molecule has 2 fully saturated rings. The Labute approximate surface area is 171 Å². The first-order valence-corrected chi connectivity index (χ1v) is 12.1. The fourth-order valence-electron chi connectivity index (χ4n) is 3.03. The van der Waals surface area contributed by atoms with Gasteiger partial charge in [0, 0.05) is 49.4 Å². The molecule has 0 spiro atoms. The number of phenols is 1. The molecule has 2 aliphatic rings. The number of morpholine rings is 2. The summed E-state index contributed by atoms with van der Waals surface area (Å²) in [4.78, 5) is 6.29. The Morgan fingerprint density at radius 1 is 1.04 bits per heavy atom. The number of phenolic OH excluding ortho intramolecular Hbond substituents is 1. The van der Waals surface area contributed by atoms with Crippen LogP contribution in [0, 0.1) is 0 Å². The highest BCUT2D eigenvalue weighted by atomic mass is 32.2. The molecule has 1 atom stereocenters. The predicted molar refractivity (Wildman–Crippen MR) is 110 cm³/mol. The van der Waals surface area contributed by atoms with E-state index in [4.69, 9.17) is 14.0 Å². The van der Waals surface area contributed by atoms with Crippen molar-refractivity contribution in [2.45, 2.75) is 10.9 Å². The highest BCUT2D eigenvalue weighted by Gasteiger charge is 2.24. The molecular weight excluding hydrogens is 404 g/mol. The molecule has 2 N–H and O–H groups in total. The van der Waals surface area contributed by atoms with Crippen molar-refractivity contribution in [2.24, 2.45) is 0 Å². The van der Waals surface area contributed by atoms with E-state index < -0.39 is 10.1 Å². The van der Waals surface area contributed by atoms with Crippen LogP contribution in [0.15, 0.2) is 29.2 Å². The molecule has 0 saturated carbocycles. The lowest BCUT2D eigenvalue weighted by Crippen LogP contribution is -2.51. The van der Waals surface area contributed by atoms with Crippen molar-refractivity contribution in [1.29, 1.82) is 0 Å². The van der Waals surface area contributed by atoms with Gasteiger partial charge in [0.2, 0.25) is 0 Å². The Morgan fingerprint density at radius 2 is 1.54 bits per heavy atom. The molecule has 2 heterocycles. The molecule has 8 nitrogen and oxygen atoms in total. The predicted octanol–water partition coefficient (Wildman–Crippen LogP) is 1.02. The second-order valence-corrected chi connectivity index (χ2v) is 9.31. The van der Waals surface area contributed by atoms with E-state index in [1.807, 2.05) is 23.9 Å². The average molecular weight is 435 g/mol. The fourth-order valence-corrected chi connectivity index (χ4v) is 4.06. The molecule has 0 amide bonds. The molecule has 160 valence electrons. The standard InChI is InChI=1S/C17H26N2O3S.CH4O3S/c20-16-1-3-17(4-2-16)23-14-15(19-7-11-22-12-8-19)13-18-5-9-21-10-6-18;1-5(2,3)4/h1-4,15,20H,5-14H2;1H3,(H,2,3,4). The summed E-state index contributed by atoms with van der Waals surface area (Å²) in [6.07, 6.45) is 0.715. The van der Waals surface area contributed by atoms with Crippen LogP contribution in [0.25, 0.3) is 0 Å². The summed E-state index contributed by atoms with van der Waals surface area (Å²) >= 11 is 1.87. The van der Waals surface area contributed by atoms with Crippen LogP contribution < -0.4 is 0 Å². The quantitative estimate of drug-likeness (QED) is 0.502. The largest absolute Gasteiger partial charge is 0.508 e. The van der Waals surface area contributed by atoms with E-state index in [9.17, 15) is 13.5 Å². The Kier molecular flexibility index (Phi) is 10.00. The van der Waals surface area contributed by atoms with Gasteiger partial charge in [0.05, 0.1) is 32.7 Å². The van der Waals surface area contributed by atoms with Crippen LogP contribution >= 0.6 is 11.8 Å². The molecule has 2 aliphatic heterocycles. The van der Waals surface area contributed by atoms with Gasteiger partial charge in [-0.1, -0.05) is 0 Å². The van der Waals surface area contributed by atoms with E-state index in [0.717, 1.165) is 64.9 Å². The van der Waals surface area contributed by atoms with Crippen molar-refractivity contribution < 1.29 is 27.6 Å². The number of rotatable bonds is 6. The molecule has 0 aliphatic carbocycles. The van der Waals surface area contributed by atoms with Gasteiger partial charge in [0.25, 0.3) is 10.1 Å². The van der Waals surface area contributed by atoms with Gasteiger partial charge < -0.3 is 14.6 Å². The van der Waals surface area contributed by atoms with E-state index in [2.05, 4.69) is 9.80 Å². The second-order valence-electron chi connectivity index (χ2n) is 6.75. The van der Waals surface area contributed by atoms with Crippen LogP contribution in [0.3, 0.4) is 0 Å². The van der Waals surface area contributed by atoms with E-state index >= 15 is 0 Å². The van der Waals surface area contributed by atoms with Crippen molar-refractivity contribution in [3.05, 3.63) is 24.3 Å². The third kappa shape index (κ3) is 10.1. The molecule has 3 rings (SSSR count). The van der Waals surface area contributed by atoms with Gasteiger partial charge in [-0.3, -0.25) is 14.4 Å². The van der Waals surface area contributed by atoms with Crippen molar-refractivity contribution in [2.75, 3.05) is 71.2 Å². The molecule has 2 saturated heterocycles. The third-order valence-electron chi connectivity index (χ3n) is 4.41. The second kappa shape index (κ2) is 12.0. The number of hydrogen-bond acceptors (Lipinski definition) is 8. The number of hydrogen-bond donors (Lipinski definition) is 2. The maximum Gasteiger partial charge on any atom is 0.261 e. The minimum Gasteiger partial charge on any atom is -0.508 e. The fraction of sp³-hybridized carbons (Fsp3) is 0.667. The van der Waals surface area contributed by atoms with Crippen LogP contribution in [0.5, 0.6) is 5.75 Å².